The average Bonchev–Trinajstić information content (AvgIpc) is 2.27. The Morgan fingerprint density at radius 2 is 2.19 bits per heavy atom. The van der Waals surface area contributed by atoms with Crippen LogP contribution in [-0.2, 0) is 6.42 Å². The Morgan fingerprint density at radius 3 is 2.88 bits per heavy atom. The van der Waals surface area contributed by atoms with Crippen molar-refractivity contribution < 1.29 is 4.39 Å². The Bertz CT molecular complexity index is 328. The summed E-state index contributed by atoms with van der Waals surface area (Å²) >= 11 is 6.00. The number of nitrogens with one attached hydrogen (secondary N) is 1. The highest BCUT2D eigenvalue weighted by atomic mass is 35.5. The first-order valence-electron chi connectivity index (χ1n) is 5.78. The van der Waals surface area contributed by atoms with Gasteiger partial charge in [-0.2, -0.15) is 0 Å². The van der Waals surface area contributed by atoms with Gasteiger partial charge in [-0.05, 0) is 55.6 Å². The van der Waals surface area contributed by atoms with Crippen LogP contribution in [0.5, 0.6) is 0 Å². The topological polar surface area (TPSA) is 12.0 Å². The third kappa shape index (κ3) is 4.50. The van der Waals surface area contributed by atoms with Crippen LogP contribution in [0.4, 0.5) is 4.39 Å². The number of aryl methyl sites for hydroxylation is 1. The summed E-state index contributed by atoms with van der Waals surface area (Å²) in [6.07, 6.45) is 1.86. The van der Waals surface area contributed by atoms with Gasteiger partial charge >= 0.3 is 0 Å². The quantitative estimate of drug-likeness (QED) is 0.804. The number of halogens is 2. The minimum Gasteiger partial charge on any atom is -0.317 e. The largest absolute Gasteiger partial charge is 0.317 e. The first kappa shape index (κ1) is 13.5. The van der Waals surface area contributed by atoms with E-state index in [0.29, 0.717) is 10.9 Å². The Labute approximate surface area is 102 Å². The van der Waals surface area contributed by atoms with Crippen LogP contribution in [0.2, 0.25) is 5.02 Å². The fourth-order valence-electron chi connectivity index (χ4n) is 1.63. The van der Waals surface area contributed by atoms with Gasteiger partial charge in [-0.15, -0.1) is 0 Å². The summed E-state index contributed by atoms with van der Waals surface area (Å²) in [7, 11) is 0. The molecule has 0 radical (unpaired) electrons. The number of hydrogen-bond acceptors (Lipinski definition) is 1. The SMILES string of the molecule is CCNCC(C)CCc1cc(F)ccc1Cl. The Hall–Kier alpha value is -0.600. The van der Waals surface area contributed by atoms with Gasteiger partial charge in [0.2, 0.25) is 0 Å². The molecule has 16 heavy (non-hydrogen) atoms. The predicted molar refractivity (Wildman–Crippen MR) is 67.4 cm³/mol. The van der Waals surface area contributed by atoms with E-state index in [-0.39, 0.29) is 5.82 Å². The molecular weight excluding hydrogens is 225 g/mol. The molecule has 0 aliphatic heterocycles. The second kappa shape index (κ2) is 6.87. The first-order valence-corrected chi connectivity index (χ1v) is 6.16. The van der Waals surface area contributed by atoms with Crippen molar-refractivity contribution >= 4 is 11.6 Å². The highest BCUT2D eigenvalue weighted by Crippen LogP contribution is 2.20. The van der Waals surface area contributed by atoms with Gasteiger partial charge in [0.15, 0.2) is 0 Å². The lowest BCUT2D eigenvalue weighted by atomic mass is 10.0. The molecule has 1 N–H and O–H groups in total. The molecule has 0 fully saturated rings. The summed E-state index contributed by atoms with van der Waals surface area (Å²) in [6.45, 7) is 6.28. The van der Waals surface area contributed by atoms with Crippen molar-refractivity contribution in [2.45, 2.75) is 26.7 Å². The second-order valence-electron chi connectivity index (χ2n) is 4.19. The van der Waals surface area contributed by atoms with E-state index >= 15 is 0 Å². The number of rotatable bonds is 6. The van der Waals surface area contributed by atoms with Crippen LogP contribution < -0.4 is 5.32 Å². The molecule has 1 nitrogen and oxygen atoms in total. The molecule has 1 unspecified atom stereocenters. The third-order valence-electron chi connectivity index (χ3n) is 2.66. The normalized spacial score (nSPS) is 12.8. The van der Waals surface area contributed by atoms with Gasteiger partial charge in [-0.25, -0.2) is 4.39 Å². The first-order chi connectivity index (χ1) is 7.63. The monoisotopic (exact) mass is 243 g/mol. The molecule has 1 rings (SSSR count). The van der Waals surface area contributed by atoms with Gasteiger partial charge in [-0.1, -0.05) is 25.4 Å². The van der Waals surface area contributed by atoms with Crippen molar-refractivity contribution in [3.63, 3.8) is 0 Å². The lowest BCUT2D eigenvalue weighted by molar-refractivity contribution is 0.488. The number of benzene rings is 1. The van der Waals surface area contributed by atoms with E-state index in [1.54, 1.807) is 6.07 Å². The zero-order chi connectivity index (χ0) is 12.0. The molecule has 0 spiro atoms. The summed E-state index contributed by atoms with van der Waals surface area (Å²) in [5.74, 6) is 0.373. The predicted octanol–water partition coefficient (Wildman–Crippen LogP) is 3.66. The Balaban J connectivity index is 2.44. The molecule has 3 heteroatoms. The zero-order valence-corrected chi connectivity index (χ0v) is 10.6. The van der Waals surface area contributed by atoms with E-state index in [0.717, 1.165) is 31.5 Å². The molecule has 0 aliphatic rings. The standard InChI is InChI=1S/C13H19ClFN/c1-3-16-9-10(2)4-5-11-8-12(15)6-7-13(11)14/h6-8,10,16H,3-5,9H2,1-2H3. The average molecular weight is 244 g/mol. The van der Waals surface area contributed by atoms with Crippen molar-refractivity contribution in [2.24, 2.45) is 5.92 Å². The van der Waals surface area contributed by atoms with Gasteiger partial charge in [0.1, 0.15) is 5.82 Å². The van der Waals surface area contributed by atoms with Crippen molar-refractivity contribution in [3.05, 3.63) is 34.6 Å². The van der Waals surface area contributed by atoms with E-state index in [9.17, 15) is 4.39 Å². The summed E-state index contributed by atoms with van der Waals surface area (Å²) in [6, 6.07) is 4.55. The molecule has 1 aromatic rings. The molecule has 0 saturated carbocycles. The highest BCUT2D eigenvalue weighted by Gasteiger charge is 2.06. The lowest BCUT2D eigenvalue weighted by Gasteiger charge is -2.12. The maximum absolute atomic E-state index is 13.0. The van der Waals surface area contributed by atoms with E-state index in [1.165, 1.54) is 12.1 Å². The Morgan fingerprint density at radius 1 is 1.44 bits per heavy atom. The highest BCUT2D eigenvalue weighted by molar-refractivity contribution is 6.31. The van der Waals surface area contributed by atoms with Crippen LogP contribution >= 0.6 is 11.6 Å². The van der Waals surface area contributed by atoms with Crippen LogP contribution in [0, 0.1) is 11.7 Å². The fourth-order valence-corrected chi connectivity index (χ4v) is 1.84. The van der Waals surface area contributed by atoms with Gasteiger partial charge in [0.25, 0.3) is 0 Å². The maximum Gasteiger partial charge on any atom is 0.123 e. The van der Waals surface area contributed by atoms with Gasteiger partial charge < -0.3 is 5.32 Å². The van der Waals surface area contributed by atoms with Crippen molar-refractivity contribution in [1.29, 1.82) is 0 Å². The van der Waals surface area contributed by atoms with Crippen molar-refractivity contribution in [2.75, 3.05) is 13.1 Å². The van der Waals surface area contributed by atoms with Crippen molar-refractivity contribution in [1.82, 2.24) is 5.32 Å². The lowest BCUT2D eigenvalue weighted by Crippen LogP contribution is -2.20. The minimum atomic E-state index is -0.210. The molecule has 0 amide bonds. The summed E-state index contributed by atoms with van der Waals surface area (Å²) in [4.78, 5) is 0. The molecule has 1 atom stereocenters. The fraction of sp³-hybridized carbons (Fsp3) is 0.538. The van der Waals surface area contributed by atoms with Crippen LogP contribution in [-0.4, -0.2) is 13.1 Å². The smallest absolute Gasteiger partial charge is 0.123 e. The van der Waals surface area contributed by atoms with Gasteiger partial charge in [-0.3, -0.25) is 0 Å². The van der Waals surface area contributed by atoms with Gasteiger partial charge in [0.05, 0.1) is 0 Å². The van der Waals surface area contributed by atoms with E-state index in [2.05, 4.69) is 19.2 Å². The summed E-state index contributed by atoms with van der Waals surface area (Å²) in [5, 5.41) is 3.97. The molecule has 0 aliphatic carbocycles. The van der Waals surface area contributed by atoms with Crippen molar-refractivity contribution in [3.8, 4) is 0 Å². The molecule has 1 aromatic carbocycles. The minimum absolute atomic E-state index is 0.210. The number of hydrogen-bond donors (Lipinski definition) is 1. The van der Waals surface area contributed by atoms with Gasteiger partial charge in [0, 0.05) is 5.02 Å². The Kier molecular flexibility index (Phi) is 5.78. The van der Waals surface area contributed by atoms with E-state index in [1.807, 2.05) is 0 Å². The van der Waals surface area contributed by atoms with Crippen LogP contribution in [0.25, 0.3) is 0 Å². The van der Waals surface area contributed by atoms with Crippen LogP contribution in [0.3, 0.4) is 0 Å². The van der Waals surface area contributed by atoms with Crippen LogP contribution in [0.15, 0.2) is 18.2 Å². The zero-order valence-electron chi connectivity index (χ0n) is 9.89. The molecule has 90 valence electrons. The molecule has 0 saturated heterocycles. The molecular formula is C13H19ClFN. The maximum atomic E-state index is 13.0. The summed E-state index contributed by atoms with van der Waals surface area (Å²) < 4.78 is 13.0. The second-order valence-corrected chi connectivity index (χ2v) is 4.59. The van der Waals surface area contributed by atoms with E-state index in [4.69, 9.17) is 11.6 Å². The molecule has 0 aromatic heterocycles. The molecule has 0 bridgehead atoms. The van der Waals surface area contributed by atoms with Crippen LogP contribution in [0.1, 0.15) is 25.8 Å². The third-order valence-corrected chi connectivity index (χ3v) is 3.03. The van der Waals surface area contributed by atoms with E-state index < -0.39 is 0 Å². The molecule has 0 heterocycles. The summed E-state index contributed by atoms with van der Waals surface area (Å²) in [5.41, 5.74) is 0.907.